The number of benzene rings is 2. The topological polar surface area (TPSA) is 85.0 Å². The van der Waals surface area contributed by atoms with Gasteiger partial charge in [-0.2, -0.15) is 5.10 Å². The van der Waals surface area contributed by atoms with Crippen molar-refractivity contribution in [2.75, 3.05) is 21.3 Å². The highest BCUT2D eigenvalue weighted by atomic mass is 16.5. The van der Waals surface area contributed by atoms with Crippen LogP contribution in [0.3, 0.4) is 0 Å². The van der Waals surface area contributed by atoms with Crippen LogP contribution in [0.1, 0.15) is 35.3 Å². The Hall–Kier alpha value is -3.94. The molecule has 0 saturated heterocycles. The van der Waals surface area contributed by atoms with Crippen molar-refractivity contribution in [3.05, 3.63) is 59.4 Å². The Balaban J connectivity index is 2.01. The van der Waals surface area contributed by atoms with E-state index in [1.165, 1.54) is 14.2 Å². The first-order valence-electron chi connectivity index (χ1n) is 10.5. The van der Waals surface area contributed by atoms with Gasteiger partial charge in [0.2, 0.25) is 11.6 Å². The number of furan rings is 1. The fourth-order valence-corrected chi connectivity index (χ4v) is 3.60. The molecule has 8 heteroatoms. The lowest BCUT2D eigenvalue weighted by Gasteiger charge is -2.13. The van der Waals surface area contributed by atoms with Crippen molar-refractivity contribution in [2.24, 2.45) is 0 Å². The number of carbonyl (C=O) groups excluding carboxylic acids is 1. The van der Waals surface area contributed by atoms with E-state index in [1.807, 2.05) is 20.8 Å². The van der Waals surface area contributed by atoms with Crippen LogP contribution >= 0.6 is 0 Å². The summed E-state index contributed by atoms with van der Waals surface area (Å²) < 4.78 is 30.0. The highest BCUT2D eigenvalue weighted by Gasteiger charge is 2.28. The van der Waals surface area contributed by atoms with Crippen LogP contribution in [0.2, 0.25) is 0 Å². The Morgan fingerprint density at radius 2 is 1.73 bits per heavy atom. The van der Waals surface area contributed by atoms with Crippen LogP contribution in [-0.4, -0.2) is 43.0 Å². The van der Waals surface area contributed by atoms with Crippen LogP contribution in [0.4, 0.5) is 0 Å². The molecule has 172 valence electrons. The molecule has 0 bridgehead atoms. The molecule has 4 rings (SSSR count). The maximum absolute atomic E-state index is 13.9. The summed E-state index contributed by atoms with van der Waals surface area (Å²) in [6.45, 7) is 5.73. The summed E-state index contributed by atoms with van der Waals surface area (Å²) >= 11 is 0. The van der Waals surface area contributed by atoms with Crippen LogP contribution in [-0.2, 0) is 0 Å². The fraction of sp³-hybridized carbons (Fsp3) is 0.280. The van der Waals surface area contributed by atoms with Crippen LogP contribution < -0.4 is 18.9 Å². The minimum absolute atomic E-state index is 0.133. The van der Waals surface area contributed by atoms with Crippen molar-refractivity contribution in [2.45, 2.75) is 26.9 Å². The number of hydrogen-bond acceptors (Lipinski definition) is 7. The number of methoxy groups -OCH3 is 3. The standard InChI is InChI=1S/C25H26N2O6/c1-14(2)32-24-20(31-6)8-7-19-21(25(33-23(19)24)27-13-15(3)12-26-27)22(28)16-9-17(29-4)11-18(10-16)30-5/h7-14H,1-6H3. The normalized spacial score (nSPS) is 11.1. The zero-order chi connectivity index (χ0) is 23.7. The third-order valence-corrected chi connectivity index (χ3v) is 5.09. The molecule has 0 spiro atoms. The molecular weight excluding hydrogens is 424 g/mol. The summed E-state index contributed by atoms with van der Waals surface area (Å²) in [5.74, 6) is 1.97. The SMILES string of the molecule is COc1cc(OC)cc(C(=O)c2c(-n3cc(C)cn3)oc3c(OC(C)C)c(OC)ccc23)c1. The van der Waals surface area contributed by atoms with Gasteiger partial charge in [-0.05, 0) is 50.6 Å². The summed E-state index contributed by atoms with van der Waals surface area (Å²) in [6.07, 6.45) is 3.36. The van der Waals surface area contributed by atoms with Gasteiger partial charge in [0.1, 0.15) is 11.5 Å². The van der Waals surface area contributed by atoms with E-state index in [4.69, 9.17) is 23.4 Å². The van der Waals surface area contributed by atoms with Crippen LogP contribution in [0.15, 0.2) is 47.1 Å². The van der Waals surface area contributed by atoms with Crippen molar-refractivity contribution in [3.63, 3.8) is 0 Å². The van der Waals surface area contributed by atoms with E-state index < -0.39 is 0 Å². The number of ether oxygens (including phenoxy) is 4. The van der Waals surface area contributed by atoms with Gasteiger partial charge in [-0.15, -0.1) is 0 Å². The summed E-state index contributed by atoms with van der Waals surface area (Å²) in [5, 5.41) is 4.95. The number of carbonyl (C=O) groups is 1. The number of rotatable bonds is 8. The van der Waals surface area contributed by atoms with E-state index in [0.29, 0.717) is 45.1 Å². The third-order valence-electron chi connectivity index (χ3n) is 5.09. The molecule has 0 atom stereocenters. The Bertz CT molecular complexity index is 1300. The predicted octanol–water partition coefficient (Wildman–Crippen LogP) is 4.97. The second-order valence-corrected chi connectivity index (χ2v) is 7.82. The number of ketones is 1. The molecule has 33 heavy (non-hydrogen) atoms. The molecule has 2 heterocycles. The number of nitrogens with zero attached hydrogens (tertiary/aromatic N) is 2. The molecule has 0 N–H and O–H groups in total. The maximum Gasteiger partial charge on any atom is 0.232 e. The van der Waals surface area contributed by atoms with Crippen LogP contribution in [0.25, 0.3) is 16.9 Å². The Labute approximate surface area is 191 Å². The van der Waals surface area contributed by atoms with Gasteiger partial charge in [-0.3, -0.25) is 4.79 Å². The van der Waals surface area contributed by atoms with Crippen molar-refractivity contribution >= 4 is 16.8 Å². The van der Waals surface area contributed by atoms with Crippen LogP contribution in [0, 0.1) is 6.92 Å². The van der Waals surface area contributed by atoms with Gasteiger partial charge in [0.05, 0.1) is 39.2 Å². The van der Waals surface area contributed by atoms with E-state index >= 15 is 0 Å². The number of aromatic nitrogens is 2. The molecule has 4 aromatic rings. The molecule has 0 aliphatic rings. The minimum atomic E-state index is -0.269. The first-order valence-corrected chi connectivity index (χ1v) is 10.5. The summed E-state index contributed by atoms with van der Waals surface area (Å²) in [4.78, 5) is 13.9. The van der Waals surface area contributed by atoms with E-state index in [9.17, 15) is 4.79 Å². The number of aryl methyl sites for hydroxylation is 1. The zero-order valence-electron chi connectivity index (χ0n) is 19.5. The van der Waals surface area contributed by atoms with Crippen LogP contribution in [0.5, 0.6) is 23.0 Å². The van der Waals surface area contributed by atoms with Gasteiger partial charge in [-0.25, -0.2) is 4.68 Å². The lowest BCUT2D eigenvalue weighted by molar-refractivity contribution is 0.103. The predicted molar refractivity (Wildman–Crippen MR) is 123 cm³/mol. The molecule has 0 unspecified atom stereocenters. The average Bonchev–Trinajstić information content (AvgIpc) is 3.41. The Morgan fingerprint density at radius 1 is 1.03 bits per heavy atom. The zero-order valence-corrected chi connectivity index (χ0v) is 19.5. The first-order chi connectivity index (χ1) is 15.9. The monoisotopic (exact) mass is 450 g/mol. The summed E-state index contributed by atoms with van der Waals surface area (Å²) in [5.41, 5.74) is 2.07. The van der Waals surface area contributed by atoms with Crippen molar-refractivity contribution < 1.29 is 28.2 Å². The number of fused-ring (bicyclic) bond motifs is 1. The lowest BCUT2D eigenvalue weighted by atomic mass is 10.0. The highest BCUT2D eigenvalue weighted by molar-refractivity contribution is 6.19. The van der Waals surface area contributed by atoms with Gasteiger partial charge in [0, 0.05) is 23.2 Å². The van der Waals surface area contributed by atoms with Crippen molar-refractivity contribution in [1.29, 1.82) is 0 Å². The second kappa shape index (κ2) is 8.90. The van der Waals surface area contributed by atoms with E-state index in [0.717, 1.165) is 5.56 Å². The van der Waals surface area contributed by atoms with E-state index in [1.54, 1.807) is 54.5 Å². The van der Waals surface area contributed by atoms with Gasteiger partial charge >= 0.3 is 0 Å². The Morgan fingerprint density at radius 3 is 2.27 bits per heavy atom. The number of hydrogen-bond donors (Lipinski definition) is 0. The minimum Gasteiger partial charge on any atom is -0.497 e. The van der Waals surface area contributed by atoms with E-state index in [-0.39, 0.29) is 17.8 Å². The smallest absolute Gasteiger partial charge is 0.232 e. The molecule has 0 radical (unpaired) electrons. The average molecular weight is 450 g/mol. The summed E-state index contributed by atoms with van der Waals surface area (Å²) in [6, 6.07) is 8.58. The van der Waals surface area contributed by atoms with Gasteiger partial charge in [-0.1, -0.05) is 0 Å². The largest absolute Gasteiger partial charge is 0.497 e. The molecule has 0 aliphatic heterocycles. The first kappa shape index (κ1) is 22.3. The molecule has 2 aromatic carbocycles. The highest BCUT2D eigenvalue weighted by Crippen LogP contribution is 2.42. The molecular formula is C25H26N2O6. The molecule has 0 aliphatic carbocycles. The molecule has 8 nitrogen and oxygen atoms in total. The molecule has 2 aromatic heterocycles. The molecule has 0 fully saturated rings. The van der Waals surface area contributed by atoms with E-state index in [2.05, 4.69) is 5.10 Å². The lowest BCUT2D eigenvalue weighted by Crippen LogP contribution is -2.07. The van der Waals surface area contributed by atoms with Crippen molar-refractivity contribution in [1.82, 2.24) is 9.78 Å². The second-order valence-electron chi connectivity index (χ2n) is 7.82. The fourth-order valence-electron chi connectivity index (χ4n) is 3.60. The van der Waals surface area contributed by atoms with Gasteiger partial charge < -0.3 is 23.4 Å². The third kappa shape index (κ3) is 4.11. The van der Waals surface area contributed by atoms with Crippen molar-refractivity contribution in [3.8, 4) is 28.9 Å². The molecule has 0 saturated carbocycles. The molecule has 0 amide bonds. The quantitative estimate of drug-likeness (QED) is 0.350. The maximum atomic E-state index is 13.9. The van der Waals surface area contributed by atoms with Gasteiger partial charge in [0.25, 0.3) is 0 Å². The van der Waals surface area contributed by atoms with Gasteiger partial charge in [0.15, 0.2) is 17.1 Å². The summed E-state index contributed by atoms with van der Waals surface area (Å²) in [7, 11) is 4.63. The Kier molecular flexibility index (Phi) is 6.00.